The largest absolute Gasteiger partial charge is 0.481 e. The van der Waals surface area contributed by atoms with Gasteiger partial charge in [0.1, 0.15) is 0 Å². The Morgan fingerprint density at radius 1 is 0.950 bits per heavy atom. The van der Waals surface area contributed by atoms with Crippen LogP contribution in [0.1, 0.15) is 44.9 Å². The molecular weight excluding hydrogens is 262 g/mol. The first-order valence-corrected chi connectivity index (χ1v) is 7.11. The van der Waals surface area contributed by atoms with Crippen LogP contribution in [0.25, 0.3) is 0 Å². The summed E-state index contributed by atoms with van der Waals surface area (Å²) in [6.45, 7) is 0.788. The van der Waals surface area contributed by atoms with E-state index in [0.717, 1.165) is 32.1 Å². The highest BCUT2D eigenvalue weighted by atomic mass is 16.4. The number of hydrogen-bond acceptors (Lipinski definition) is 3. The Labute approximate surface area is 118 Å². The van der Waals surface area contributed by atoms with Gasteiger partial charge in [-0.2, -0.15) is 0 Å². The zero-order valence-corrected chi connectivity index (χ0v) is 11.6. The first-order chi connectivity index (χ1) is 9.58. The molecule has 0 saturated heterocycles. The van der Waals surface area contributed by atoms with Crippen molar-refractivity contribution in [2.45, 2.75) is 51.0 Å². The number of aliphatic carboxylic acids is 1. The molecule has 1 fully saturated rings. The minimum absolute atomic E-state index is 0.0498. The maximum Gasteiger partial charge on any atom is 0.315 e. The lowest BCUT2D eigenvalue weighted by molar-refractivity contribution is -0.136. The van der Waals surface area contributed by atoms with Crippen LogP contribution in [-0.2, 0) is 9.59 Å². The number of carbonyl (C=O) groups is 3. The molecule has 0 bridgehead atoms. The maximum absolute atomic E-state index is 11.3. The predicted molar refractivity (Wildman–Crippen MR) is 73.3 cm³/mol. The Morgan fingerprint density at radius 3 is 2.35 bits per heavy atom. The molecule has 0 unspecified atom stereocenters. The number of amides is 3. The van der Waals surface area contributed by atoms with Gasteiger partial charge in [0, 0.05) is 25.6 Å². The van der Waals surface area contributed by atoms with Crippen LogP contribution in [-0.4, -0.2) is 42.1 Å². The summed E-state index contributed by atoms with van der Waals surface area (Å²) >= 11 is 0. The first-order valence-electron chi connectivity index (χ1n) is 7.11. The van der Waals surface area contributed by atoms with E-state index < -0.39 is 5.97 Å². The van der Waals surface area contributed by atoms with Crippen molar-refractivity contribution < 1.29 is 19.5 Å². The molecule has 114 valence electrons. The highest BCUT2D eigenvalue weighted by Gasteiger charge is 2.22. The van der Waals surface area contributed by atoms with Crippen LogP contribution in [0.5, 0.6) is 0 Å². The standard InChI is InChI=1S/C13H23N3O4/c17-11(14-9-7-12(18)19)4-2-1-3-8-15-13(20)16-10-5-6-10/h10H,1-9H2,(H,14,17)(H,18,19)(H2,15,16,20). The third-order valence-electron chi connectivity index (χ3n) is 2.94. The van der Waals surface area contributed by atoms with Gasteiger partial charge >= 0.3 is 12.0 Å². The fourth-order valence-corrected chi connectivity index (χ4v) is 1.65. The van der Waals surface area contributed by atoms with E-state index in [2.05, 4.69) is 16.0 Å². The number of unbranched alkanes of at least 4 members (excludes halogenated alkanes) is 2. The summed E-state index contributed by atoms with van der Waals surface area (Å²) in [7, 11) is 0. The average Bonchev–Trinajstić information content (AvgIpc) is 3.17. The third-order valence-corrected chi connectivity index (χ3v) is 2.94. The molecule has 0 aliphatic heterocycles. The van der Waals surface area contributed by atoms with Crippen molar-refractivity contribution in [3.63, 3.8) is 0 Å². The lowest BCUT2D eigenvalue weighted by atomic mass is 10.2. The van der Waals surface area contributed by atoms with E-state index in [9.17, 15) is 14.4 Å². The van der Waals surface area contributed by atoms with Crippen LogP contribution in [0.2, 0.25) is 0 Å². The van der Waals surface area contributed by atoms with Gasteiger partial charge < -0.3 is 21.1 Å². The molecule has 1 saturated carbocycles. The van der Waals surface area contributed by atoms with Crippen LogP contribution >= 0.6 is 0 Å². The normalized spacial score (nSPS) is 13.6. The zero-order chi connectivity index (χ0) is 14.8. The molecule has 0 atom stereocenters. The van der Waals surface area contributed by atoms with Gasteiger partial charge in [0.25, 0.3) is 0 Å². The SMILES string of the molecule is O=C(O)CCNC(=O)CCCCCNC(=O)NC1CC1. The van der Waals surface area contributed by atoms with Crippen molar-refractivity contribution >= 4 is 17.9 Å². The van der Waals surface area contributed by atoms with Crippen LogP contribution in [0, 0.1) is 0 Å². The van der Waals surface area contributed by atoms with E-state index in [1.807, 2.05) is 0 Å². The molecule has 7 nitrogen and oxygen atoms in total. The molecule has 0 aromatic heterocycles. The van der Waals surface area contributed by atoms with E-state index in [1.165, 1.54) is 0 Å². The summed E-state index contributed by atoms with van der Waals surface area (Å²) in [6, 6.07) is 0.253. The van der Waals surface area contributed by atoms with Gasteiger partial charge in [0.15, 0.2) is 0 Å². The molecular formula is C13H23N3O4. The fourth-order valence-electron chi connectivity index (χ4n) is 1.65. The molecule has 1 aliphatic carbocycles. The van der Waals surface area contributed by atoms with Crippen LogP contribution in [0.15, 0.2) is 0 Å². The second-order valence-electron chi connectivity index (χ2n) is 4.98. The molecule has 1 aliphatic rings. The monoisotopic (exact) mass is 285 g/mol. The molecule has 0 aromatic carbocycles. The van der Waals surface area contributed by atoms with E-state index >= 15 is 0 Å². The topological polar surface area (TPSA) is 108 Å². The average molecular weight is 285 g/mol. The van der Waals surface area contributed by atoms with E-state index in [1.54, 1.807) is 0 Å². The van der Waals surface area contributed by atoms with E-state index in [4.69, 9.17) is 5.11 Å². The third kappa shape index (κ3) is 9.18. The Balaban J connectivity index is 1.84. The molecule has 1 rings (SSSR count). The van der Waals surface area contributed by atoms with Gasteiger partial charge in [-0.15, -0.1) is 0 Å². The van der Waals surface area contributed by atoms with Crippen molar-refractivity contribution in [3.05, 3.63) is 0 Å². The van der Waals surface area contributed by atoms with Crippen molar-refractivity contribution in [2.75, 3.05) is 13.1 Å². The number of nitrogens with one attached hydrogen (secondary N) is 3. The highest BCUT2D eigenvalue weighted by Crippen LogP contribution is 2.18. The second-order valence-corrected chi connectivity index (χ2v) is 4.98. The van der Waals surface area contributed by atoms with Crippen LogP contribution < -0.4 is 16.0 Å². The summed E-state index contributed by atoms with van der Waals surface area (Å²) in [5, 5.41) is 16.6. The highest BCUT2D eigenvalue weighted by molar-refractivity contribution is 5.76. The maximum atomic E-state index is 11.3. The zero-order valence-electron chi connectivity index (χ0n) is 11.6. The molecule has 3 amide bonds. The Kier molecular flexibility index (Phi) is 7.46. The number of carbonyl (C=O) groups excluding carboxylic acids is 2. The molecule has 7 heteroatoms. The lowest BCUT2D eigenvalue weighted by Gasteiger charge is -2.06. The Morgan fingerprint density at radius 2 is 1.70 bits per heavy atom. The van der Waals surface area contributed by atoms with E-state index in [-0.39, 0.29) is 24.9 Å². The smallest absolute Gasteiger partial charge is 0.315 e. The summed E-state index contributed by atoms with van der Waals surface area (Å²) in [5.41, 5.74) is 0. The van der Waals surface area contributed by atoms with Crippen molar-refractivity contribution in [1.29, 1.82) is 0 Å². The lowest BCUT2D eigenvalue weighted by Crippen LogP contribution is -2.37. The van der Waals surface area contributed by atoms with Gasteiger partial charge in [-0.25, -0.2) is 4.79 Å². The molecule has 0 aromatic rings. The number of rotatable bonds is 10. The number of carboxylic acid groups (broad SMARTS) is 1. The number of urea groups is 1. The van der Waals surface area contributed by atoms with Crippen LogP contribution in [0.3, 0.4) is 0 Å². The van der Waals surface area contributed by atoms with Gasteiger partial charge in [-0.3, -0.25) is 9.59 Å². The van der Waals surface area contributed by atoms with Crippen LogP contribution in [0.4, 0.5) is 4.79 Å². The summed E-state index contributed by atoms with van der Waals surface area (Å²) in [5.74, 6) is -1.04. The summed E-state index contributed by atoms with van der Waals surface area (Å²) in [6.07, 6.45) is 4.93. The van der Waals surface area contributed by atoms with Gasteiger partial charge in [0.2, 0.25) is 5.91 Å². The van der Waals surface area contributed by atoms with Crippen molar-refractivity contribution in [2.24, 2.45) is 0 Å². The second kappa shape index (κ2) is 9.17. The van der Waals surface area contributed by atoms with E-state index in [0.29, 0.717) is 19.0 Å². The van der Waals surface area contributed by atoms with Gasteiger partial charge in [-0.05, 0) is 25.7 Å². The van der Waals surface area contributed by atoms with Crippen molar-refractivity contribution in [1.82, 2.24) is 16.0 Å². The molecule has 4 N–H and O–H groups in total. The summed E-state index contributed by atoms with van der Waals surface area (Å²) in [4.78, 5) is 32.8. The Bertz CT molecular complexity index is 343. The molecule has 0 radical (unpaired) electrons. The minimum Gasteiger partial charge on any atom is -0.481 e. The first kappa shape index (κ1) is 16.3. The fraction of sp³-hybridized carbons (Fsp3) is 0.769. The molecule has 0 spiro atoms. The minimum atomic E-state index is -0.916. The predicted octanol–water partition coefficient (Wildman–Crippen LogP) is 0.599. The molecule has 20 heavy (non-hydrogen) atoms. The number of hydrogen-bond donors (Lipinski definition) is 4. The van der Waals surface area contributed by atoms with Gasteiger partial charge in [-0.1, -0.05) is 6.42 Å². The Hall–Kier alpha value is -1.79. The molecule has 0 heterocycles. The summed E-state index contributed by atoms with van der Waals surface area (Å²) < 4.78 is 0. The van der Waals surface area contributed by atoms with Gasteiger partial charge in [0.05, 0.1) is 6.42 Å². The quantitative estimate of drug-likeness (QED) is 0.441. The van der Waals surface area contributed by atoms with Crippen molar-refractivity contribution in [3.8, 4) is 0 Å². The number of carboxylic acids is 1.